The topological polar surface area (TPSA) is 87.1 Å². The molecule has 3 aliphatic heterocycles. The molecule has 3 saturated heterocycles. The summed E-state index contributed by atoms with van der Waals surface area (Å²) in [5, 5.41) is 10.1. The van der Waals surface area contributed by atoms with Gasteiger partial charge in [-0.15, -0.1) is 18.3 Å². The first kappa shape index (κ1) is 26.3. The zero-order valence-corrected chi connectivity index (χ0v) is 22.2. The van der Waals surface area contributed by atoms with Crippen LogP contribution >= 0.6 is 27.7 Å². The second-order valence-electron chi connectivity index (χ2n) is 9.69. The number of likely N-dealkylation sites (tertiary alicyclic amines) is 1. The minimum atomic E-state index is -0.774. The monoisotopic (exact) mass is 542 g/mol. The summed E-state index contributed by atoms with van der Waals surface area (Å²) in [5.41, 5.74) is 0. The molecule has 3 heterocycles. The van der Waals surface area contributed by atoms with Gasteiger partial charge in [0.1, 0.15) is 12.6 Å². The summed E-state index contributed by atoms with van der Waals surface area (Å²) in [6.07, 6.45) is 3.78. The largest absolute Gasteiger partial charge is 0.461 e. The van der Waals surface area contributed by atoms with E-state index in [9.17, 15) is 19.5 Å². The predicted molar refractivity (Wildman–Crippen MR) is 133 cm³/mol. The van der Waals surface area contributed by atoms with Crippen molar-refractivity contribution in [3.63, 3.8) is 0 Å². The predicted octanol–water partition coefficient (Wildman–Crippen LogP) is 2.62. The van der Waals surface area contributed by atoms with Gasteiger partial charge in [0.15, 0.2) is 0 Å². The van der Waals surface area contributed by atoms with Gasteiger partial charge in [-0.1, -0.05) is 48.5 Å². The molecule has 9 heteroatoms. The molecule has 184 valence electrons. The van der Waals surface area contributed by atoms with E-state index < -0.39 is 34.6 Å². The van der Waals surface area contributed by atoms with Crippen LogP contribution in [0, 0.1) is 17.8 Å². The van der Waals surface area contributed by atoms with Gasteiger partial charge >= 0.3 is 5.97 Å². The zero-order valence-electron chi connectivity index (χ0n) is 19.8. The van der Waals surface area contributed by atoms with Gasteiger partial charge in [0.2, 0.25) is 11.8 Å². The Morgan fingerprint density at radius 1 is 1.33 bits per heavy atom. The number of ether oxygens (including phenoxy) is 1. The van der Waals surface area contributed by atoms with Crippen molar-refractivity contribution in [1.29, 1.82) is 0 Å². The number of carbonyl (C=O) groups excluding carboxylic acids is 3. The average Bonchev–Trinajstić information content (AvgIpc) is 3.34. The van der Waals surface area contributed by atoms with Crippen LogP contribution in [0.1, 0.15) is 34.1 Å². The molecule has 33 heavy (non-hydrogen) atoms. The van der Waals surface area contributed by atoms with Gasteiger partial charge in [0, 0.05) is 22.7 Å². The third-order valence-electron chi connectivity index (χ3n) is 7.12. The molecule has 7 nitrogen and oxygen atoms in total. The molecule has 2 amide bonds. The molecule has 3 fully saturated rings. The number of carbonyl (C=O) groups is 3. The molecule has 1 spiro atoms. The van der Waals surface area contributed by atoms with E-state index in [-0.39, 0.29) is 47.1 Å². The van der Waals surface area contributed by atoms with Crippen LogP contribution in [0.5, 0.6) is 0 Å². The summed E-state index contributed by atoms with van der Waals surface area (Å²) in [6.45, 7) is 15.3. The molecule has 2 bridgehead atoms. The summed E-state index contributed by atoms with van der Waals surface area (Å²) in [5.74, 6) is -2.21. The maximum absolute atomic E-state index is 14.1. The second kappa shape index (κ2) is 10.1. The van der Waals surface area contributed by atoms with Crippen molar-refractivity contribution in [2.75, 3.05) is 19.8 Å². The number of fused-ring (bicyclic) bond motifs is 1. The maximum atomic E-state index is 14.1. The van der Waals surface area contributed by atoms with E-state index in [1.807, 2.05) is 27.7 Å². The molecule has 3 rings (SSSR count). The number of amides is 2. The average molecular weight is 544 g/mol. The molecule has 0 aliphatic carbocycles. The number of aliphatic hydroxyl groups excluding tert-OH is 1. The van der Waals surface area contributed by atoms with Crippen LogP contribution in [0.15, 0.2) is 25.3 Å². The van der Waals surface area contributed by atoms with E-state index in [4.69, 9.17) is 4.74 Å². The third kappa shape index (κ3) is 4.18. The van der Waals surface area contributed by atoms with Gasteiger partial charge in [0.05, 0.1) is 29.2 Å². The van der Waals surface area contributed by atoms with Crippen molar-refractivity contribution < 1.29 is 24.2 Å². The highest BCUT2D eigenvalue weighted by Crippen LogP contribution is 2.68. The summed E-state index contributed by atoms with van der Waals surface area (Å²) in [6, 6.07) is -1.39. The maximum Gasteiger partial charge on any atom is 0.311 e. The van der Waals surface area contributed by atoms with E-state index >= 15 is 0 Å². The number of esters is 1. The fraction of sp³-hybridized carbons (Fsp3) is 0.708. The minimum absolute atomic E-state index is 0.0263. The lowest BCUT2D eigenvalue weighted by atomic mass is 9.71. The van der Waals surface area contributed by atoms with Crippen LogP contribution < -0.4 is 0 Å². The van der Waals surface area contributed by atoms with E-state index in [1.165, 1.54) is 6.08 Å². The molecule has 0 radical (unpaired) electrons. The number of nitrogens with zero attached hydrogens (tertiary/aromatic N) is 2. The number of alkyl halides is 1. The molecular formula is C24H35BrN2O5S. The van der Waals surface area contributed by atoms with E-state index in [0.29, 0.717) is 13.0 Å². The van der Waals surface area contributed by atoms with E-state index in [2.05, 4.69) is 29.1 Å². The van der Waals surface area contributed by atoms with E-state index in [1.54, 1.807) is 27.6 Å². The lowest BCUT2D eigenvalue weighted by Crippen LogP contribution is -2.59. The first-order chi connectivity index (χ1) is 15.6. The van der Waals surface area contributed by atoms with Crippen LogP contribution in [0.3, 0.4) is 0 Å². The molecule has 7 atom stereocenters. The Hall–Kier alpha value is -1.32. The van der Waals surface area contributed by atoms with Crippen LogP contribution in [-0.4, -0.2) is 85.4 Å². The van der Waals surface area contributed by atoms with Crippen LogP contribution in [0.2, 0.25) is 0 Å². The molecular weight excluding hydrogens is 508 g/mol. The second-order valence-corrected chi connectivity index (χ2v) is 12.4. The first-order valence-corrected chi connectivity index (χ1v) is 13.3. The highest BCUT2D eigenvalue weighted by Gasteiger charge is 2.76. The number of rotatable bonds is 10. The number of aliphatic hydroxyl groups is 1. The fourth-order valence-corrected chi connectivity index (χ4v) is 9.26. The van der Waals surface area contributed by atoms with Crippen LogP contribution in [-0.2, 0) is 19.1 Å². The van der Waals surface area contributed by atoms with Crippen molar-refractivity contribution in [3.8, 4) is 0 Å². The normalized spacial score (nSPS) is 33.4. The third-order valence-corrected chi connectivity index (χ3v) is 10.3. The van der Waals surface area contributed by atoms with Crippen molar-refractivity contribution in [2.45, 2.75) is 67.1 Å². The Morgan fingerprint density at radius 3 is 2.52 bits per heavy atom. The highest BCUT2D eigenvalue weighted by atomic mass is 79.9. The lowest BCUT2D eigenvalue weighted by molar-refractivity contribution is -0.153. The number of hydrogen-bond donors (Lipinski definition) is 1. The molecule has 0 aromatic rings. The smallest absolute Gasteiger partial charge is 0.311 e. The minimum Gasteiger partial charge on any atom is -0.461 e. The Labute approximate surface area is 209 Å². The van der Waals surface area contributed by atoms with Gasteiger partial charge < -0.3 is 19.6 Å². The zero-order chi connectivity index (χ0) is 24.7. The first-order valence-electron chi connectivity index (χ1n) is 11.5. The number of hydrogen-bond acceptors (Lipinski definition) is 6. The quantitative estimate of drug-likeness (QED) is 0.259. The summed E-state index contributed by atoms with van der Waals surface area (Å²) in [4.78, 5) is 44.5. The van der Waals surface area contributed by atoms with Crippen LogP contribution in [0.4, 0.5) is 0 Å². The summed E-state index contributed by atoms with van der Waals surface area (Å²) >= 11 is 5.30. The molecule has 3 aliphatic rings. The molecule has 0 aromatic heterocycles. The Bertz CT molecular complexity index is 821. The van der Waals surface area contributed by atoms with Crippen molar-refractivity contribution in [1.82, 2.24) is 9.80 Å². The van der Waals surface area contributed by atoms with Crippen LogP contribution in [0.25, 0.3) is 0 Å². The van der Waals surface area contributed by atoms with Crippen molar-refractivity contribution >= 4 is 45.5 Å². The van der Waals surface area contributed by atoms with Crippen molar-refractivity contribution in [3.05, 3.63) is 25.3 Å². The summed E-state index contributed by atoms with van der Waals surface area (Å²) in [7, 11) is 0. The highest BCUT2D eigenvalue weighted by molar-refractivity contribution is 9.09. The van der Waals surface area contributed by atoms with Crippen molar-refractivity contribution in [2.24, 2.45) is 17.8 Å². The van der Waals surface area contributed by atoms with Gasteiger partial charge in [0.25, 0.3) is 0 Å². The lowest BCUT2D eigenvalue weighted by Gasteiger charge is -2.41. The molecule has 3 unspecified atom stereocenters. The fourth-order valence-electron chi connectivity index (χ4n) is 5.68. The number of thioether (sulfide) groups is 1. The number of halogens is 1. The standard InChI is InChI=1S/C24H35BrN2O5S/c1-7-9-26(14(5)6)22(30)20-24-11-15(25)19(33-24)17(23(31)32-10-8-2)18(24)21(29)27(20)16(12-28)13(3)4/h7-8,13-20,28H,1-2,9-12H2,3-6H3/t15?,16-,17-,18-,19-,20?,24?/m0/s1. The molecule has 1 N–H and O–H groups in total. The summed E-state index contributed by atoms with van der Waals surface area (Å²) < 4.78 is 4.64. The Balaban J connectivity index is 2.14. The molecule has 0 saturated carbocycles. The van der Waals surface area contributed by atoms with Gasteiger partial charge in [-0.05, 0) is 26.2 Å². The van der Waals surface area contributed by atoms with Gasteiger partial charge in [-0.3, -0.25) is 14.4 Å². The SMILES string of the molecule is C=CCOC(=O)[C@H]1[C@H]2C(=O)N([C@@H](CO)C(C)C)C(C(=O)N(CC=C)C(C)C)C23CC(Br)[C@@H]1S3. The molecule has 0 aromatic carbocycles. The van der Waals surface area contributed by atoms with Gasteiger partial charge in [-0.25, -0.2) is 0 Å². The van der Waals surface area contributed by atoms with Gasteiger partial charge in [-0.2, -0.15) is 0 Å². The Morgan fingerprint density at radius 2 is 2.00 bits per heavy atom. The Kier molecular flexibility index (Phi) is 8.06. The van der Waals surface area contributed by atoms with E-state index in [0.717, 1.165) is 0 Å².